The van der Waals surface area contributed by atoms with Gasteiger partial charge < -0.3 is 9.13 Å². The Labute approximate surface area is 297 Å². The number of thiophene rings is 1. The highest BCUT2D eigenvalue weighted by Gasteiger charge is 2.20. The average molecular weight is 669 g/mol. The van der Waals surface area contributed by atoms with Crippen LogP contribution in [0.5, 0.6) is 0 Å². The number of rotatable bonds is 4. The predicted molar refractivity (Wildman–Crippen MR) is 214 cm³/mol. The summed E-state index contributed by atoms with van der Waals surface area (Å²) < 4.78 is 7.10. The van der Waals surface area contributed by atoms with Crippen molar-refractivity contribution in [2.24, 2.45) is 0 Å². The lowest BCUT2D eigenvalue weighted by atomic mass is 10.0. The van der Waals surface area contributed by atoms with Crippen LogP contribution in [0.1, 0.15) is 0 Å². The highest BCUT2D eigenvalue weighted by molar-refractivity contribution is 7.26. The molecule has 0 amide bonds. The summed E-state index contributed by atoms with van der Waals surface area (Å²) in [6.45, 7) is 0. The molecule has 6 aromatic carbocycles. The minimum atomic E-state index is 0.950. The van der Waals surface area contributed by atoms with E-state index in [-0.39, 0.29) is 0 Å². The van der Waals surface area contributed by atoms with Crippen molar-refractivity contribution in [3.8, 4) is 33.8 Å². The van der Waals surface area contributed by atoms with E-state index in [9.17, 15) is 0 Å². The number of aromatic nitrogens is 4. The second-order valence-corrected chi connectivity index (χ2v) is 14.1. The fourth-order valence-electron chi connectivity index (χ4n) is 7.98. The van der Waals surface area contributed by atoms with E-state index in [1.54, 1.807) is 11.3 Å². The van der Waals surface area contributed by atoms with Crippen LogP contribution in [0.15, 0.2) is 170 Å². The van der Waals surface area contributed by atoms with Crippen molar-refractivity contribution in [2.75, 3.05) is 0 Å². The Morgan fingerprint density at radius 2 is 1.10 bits per heavy atom. The SMILES string of the molecule is c1ccc(-n2c3ccccc3c3ccc(-c4ccc5sc6c(-c7cccc8c9ccccc9n(-c9ccccc9)c78)cncc6c5n4)cc32)cc1. The normalized spacial score (nSPS) is 11.9. The van der Waals surface area contributed by atoms with Crippen molar-refractivity contribution in [2.45, 2.75) is 0 Å². The molecular weight excluding hydrogens is 641 g/mol. The molecule has 0 N–H and O–H groups in total. The van der Waals surface area contributed by atoms with Crippen LogP contribution in [-0.4, -0.2) is 19.1 Å². The van der Waals surface area contributed by atoms with E-state index in [2.05, 4.69) is 167 Å². The molecule has 0 aliphatic heterocycles. The van der Waals surface area contributed by atoms with E-state index in [0.29, 0.717) is 0 Å². The zero-order chi connectivity index (χ0) is 33.5. The van der Waals surface area contributed by atoms with Gasteiger partial charge in [-0.05, 0) is 54.6 Å². The summed E-state index contributed by atoms with van der Waals surface area (Å²) >= 11 is 1.79. The lowest BCUT2D eigenvalue weighted by Crippen LogP contribution is -1.95. The molecule has 11 aromatic rings. The van der Waals surface area contributed by atoms with E-state index >= 15 is 0 Å². The summed E-state index contributed by atoms with van der Waals surface area (Å²) in [5, 5.41) is 6.03. The third kappa shape index (κ3) is 4.19. The molecule has 0 saturated heterocycles. The lowest BCUT2D eigenvalue weighted by molar-refractivity contribution is 1.18. The van der Waals surface area contributed by atoms with E-state index in [1.165, 1.54) is 48.3 Å². The number of hydrogen-bond acceptors (Lipinski definition) is 3. The lowest BCUT2D eigenvalue weighted by Gasteiger charge is -2.12. The quantitative estimate of drug-likeness (QED) is 0.187. The Morgan fingerprint density at radius 3 is 1.88 bits per heavy atom. The van der Waals surface area contributed by atoms with Gasteiger partial charge in [-0.2, -0.15) is 0 Å². The fourth-order valence-corrected chi connectivity index (χ4v) is 9.12. The third-order valence-corrected chi connectivity index (χ3v) is 11.4. The van der Waals surface area contributed by atoms with Crippen molar-refractivity contribution in [3.05, 3.63) is 170 Å². The molecule has 238 valence electrons. The summed E-state index contributed by atoms with van der Waals surface area (Å²) in [5.41, 5.74) is 12.3. The molecule has 0 bridgehead atoms. The van der Waals surface area contributed by atoms with Gasteiger partial charge in [0.2, 0.25) is 0 Å². The summed E-state index contributed by atoms with van der Waals surface area (Å²) in [6.07, 6.45) is 4.01. The fraction of sp³-hybridized carbons (Fsp3) is 0. The van der Waals surface area contributed by atoms with Crippen molar-refractivity contribution in [3.63, 3.8) is 0 Å². The first kappa shape index (κ1) is 28.3. The molecule has 0 unspecified atom stereocenters. The van der Waals surface area contributed by atoms with E-state index in [0.717, 1.165) is 49.4 Å². The smallest absolute Gasteiger partial charge is 0.0911 e. The van der Waals surface area contributed by atoms with Gasteiger partial charge in [0, 0.05) is 72.1 Å². The third-order valence-electron chi connectivity index (χ3n) is 10.2. The largest absolute Gasteiger partial charge is 0.309 e. The molecule has 0 spiro atoms. The first-order chi connectivity index (χ1) is 25.3. The van der Waals surface area contributed by atoms with Crippen LogP contribution in [0, 0.1) is 0 Å². The number of pyridine rings is 2. The second-order valence-electron chi connectivity index (χ2n) is 13.0. The van der Waals surface area contributed by atoms with Gasteiger partial charge >= 0.3 is 0 Å². The molecule has 51 heavy (non-hydrogen) atoms. The van der Waals surface area contributed by atoms with E-state index in [1.807, 2.05) is 12.4 Å². The van der Waals surface area contributed by atoms with Crippen LogP contribution in [0.4, 0.5) is 0 Å². The molecule has 5 aromatic heterocycles. The molecule has 4 nitrogen and oxygen atoms in total. The number of hydrogen-bond donors (Lipinski definition) is 0. The van der Waals surface area contributed by atoms with Crippen LogP contribution in [0.3, 0.4) is 0 Å². The summed E-state index contributed by atoms with van der Waals surface area (Å²) in [4.78, 5) is 10.2. The van der Waals surface area contributed by atoms with Gasteiger partial charge in [-0.25, -0.2) is 4.98 Å². The van der Waals surface area contributed by atoms with Gasteiger partial charge in [0.1, 0.15) is 0 Å². The molecule has 5 heterocycles. The maximum absolute atomic E-state index is 5.35. The van der Waals surface area contributed by atoms with E-state index in [4.69, 9.17) is 9.97 Å². The molecule has 0 radical (unpaired) electrons. The predicted octanol–water partition coefficient (Wildman–Crippen LogP) is 12.4. The molecular formula is C46H28N4S. The average Bonchev–Trinajstić information content (AvgIpc) is 3.86. The standard InChI is InChI=1S/C46H28N4S/c1-3-12-30(13-4-1)49-40-20-9-7-16-32(40)34-23-22-29(26-42(34)49)39-24-25-43-44(48-39)38-28-47-27-37(46(38)51-43)36-19-11-18-35-33-17-8-10-21-41(33)50(45(35)36)31-14-5-2-6-15-31/h1-28H. The molecule has 0 fully saturated rings. The van der Waals surface area contributed by atoms with Gasteiger partial charge in [-0.1, -0.05) is 103 Å². The maximum Gasteiger partial charge on any atom is 0.0911 e. The minimum absolute atomic E-state index is 0.950. The topological polar surface area (TPSA) is 35.6 Å². The van der Waals surface area contributed by atoms with Crippen LogP contribution < -0.4 is 0 Å². The van der Waals surface area contributed by atoms with Gasteiger partial charge in [0.05, 0.1) is 38.0 Å². The van der Waals surface area contributed by atoms with Gasteiger partial charge in [-0.15, -0.1) is 11.3 Å². The Hall–Kier alpha value is -6.56. The summed E-state index contributed by atoms with van der Waals surface area (Å²) in [7, 11) is 0. The molecule has 0 aliphatic carbocycles. The van der Waals surface area contributed by atoms with Crippen LogP contribution in [-0.2, 0) is 0 Å². The minimum Gasteiger partial charge on any atom is -0.309 e. The van der Waals surface area contributed by atoms with Crippen LogP contribution >= 0.6 is 11.3 Å². The number of para-hydroxylation sites is 5. The van der Waals surface area contributed by atoms with Crippen molar-refractivity contribution in [1.82, 2.24) is 19.1 Å². The first-order valence-corrected chi connectivity index (χ1v) is 18.0. The molecule has 0 atom stereocenters. The highest BCUT2D eigenvalue weighted by atomic mass is 32.1. The van der Waals surface area contributed by atoms with Crippen molar-refractivity contribution >= 4 is 75.3 Å². The molecule has 0 aliphatic rings. The number of nitrogens with zero attached hydrogens (tertiary/aromatic N) is 4. The van der Waals surface area contributed by atoms with Crippen LogP contribution in [0.2, 0.25) is 0 Å². The number of benzene rings is 6. The van der Waals surface area contributed by atoms with Gasteiger partial charge in [-0.3, -0.25) is 4.98 Å². The Morgan fingerprint density at radius 1 is 0.451 bits per heavy atom. The second kappa shape index (κ2) is 11.0. The Balaban J connectivity index is 1.12. The summed E-state index contributed by atoms with van der Waals surface area (Å²) in [5.74, 6) is 0. The molecule has 11 rings (SSSR count). The zero-order valence-corrected chi connectivity index (χ0v) is 28.2. The monoisotopic (exact) mass is 668 g/mol. The molecule has 0 saturated carbocycles. The van der Waals surface area contributed by atoms with Gasteiger partial charge in [0.15, 0.2) is 0 Å². The highest BCUT2D eigenvalue weighted by Crippen LogP contribution is 2.44. The Kier molecular flexibility index (Phi) is 6.09. The molecule has 5 heteroatoms. The number of fused-ring (bicyclic) bond motifs is 9. The van der Waals surface area contributed by atoms with Crippen LogP contribution in [0.25, 0.3) is 97.7 Å². The summed E-state index contributed by atoms with van der Waals surface area (Å²) in [6, 6.07) is 56.4. The Bertz CT molecular complexity index is 3130. The van der Waals surface area contributed by atoms with Crippen molar-refractivity contribution in [1.29, 1.82) is 0 Å². The maximum atomic E-state index is 5.35. The zero-order valence-electron chi connectivity index (χ0n) is 27.4. The van der Waals surface area contributed by atoms with Gasteiger partial charge in [0.25, 0.3) is 0 Å². The van der Waals surface area contributed by atoms with Crippen molar-refractivity contribution < 1.29 is 0 Å². The first-order valence-electron chi connectivity index (χ1n) is 17.2. The van der Waals surface area contributed by atoms with E-state index < -0.39 is 0 Å².